The number of nitrogens with one attached hydrogen (secondary N) is 2. The van der Waals surface area contributed by atoms with Crippen molar-refractivity contribution in [2.75, 3.05) is 19.0 Å². The van der Waals surface area contributed by atoms with E-state index in [4.69, 9.17) is 4.74 Å². The minimum atomic E-state index is -0.301. The molecule has 0 saturated heterocycles. The Morgan fingerprint density at radius 2 is 1.96 bits per heavy atom. The molecule has 0 radical (unpaired) electrons. The summed E-state index contributed by atoms with van der Waals surface area (Å²) in [7, 11) is 1.53. The summed E-state index contributed by atoms with van der Waals surface area (Å²) in [5, 5.41) is 13.3. The molecule has 0 aromatic carbocycles. The fourth-order valence-electron chi connectivity index (χ4n) is 1.97. The lowest BCUT2D eigenvalue weighted by molar-refractivity contribution is -0.124. The van der Waals surface area contributed by atoms with Crippen LogP contribution in [0, 0.1) is 5.92 Å². The van der Waals surface area contributed by atoms with Crippen molar-refractivity contribution in [1.29, 1.82) is 0 Å². The minimum Gasteiger partial charge on any atom is -0.482 e. The molecule has 0 aliphatic heterocycles. The van der Waals surface area contributed by atoms with E-state index in [0.717, 1.165) is 0 Å². The van der Waals surface area contributed by atoms with E-state index < -0.39 is 0 Å². The zero-order valence-electron chi connectivity index (χ0n) is 13.5. The first-order valence-electron chi connectivity index (χ1n) is 7.46. The highest BCUT2D eigenvalue weighted by molar-refractivity contribution is 5.92. The first-order chi connectivity index (χ1) is 11.0. The van der Waals surface area contributed by atoms with Gasteiger partial charge in [0.15, 0.2) is 5.65 Å². The van der Waals surface area contributed by atoms with Crippen molar-refractivity contribution in [1.82, 2.24) is 19.9 Å². The number of amides is 2. The Labute approximate surface area is 134 Å². The average Bonchev–Trinajstić information content (AvgIpc) is 2.94. The molecule has 0 saturated carbocycles. The standard InChI is InChI=1S/C15H21N5O3/c1-10(2)9-16-12(21)7-8-13(22)17-15-19-18-11-5-4-6-14(23-3)20(11)15/h4-6,10H,7-9H2,1-3H3,(H,16,21)(H,17,19,22). The Bertz CT molecular complexity index is 695. The highest BCUT2D eigenvalue weighted by Gasteiger charge is 2.13. The Morgan fingerprint density at radius 3 is 2.65 bits per heavy atom. The molecule has 0 fully saturated rings. The van der Waals surface area contributed by atoms with Gasteiger partial charge in [-0.25, -0.2) is 4.40 Å². The van der Waals surface area contributed by atoms with Crippen LogP contribution in [-0.4, -0.2) is 40.1 Å². The van der Waals surface area contributed by atoms with Crippen LogP contribution in [0.3, 0.4) is 0 Å². The number of anilines is 1. The van der Waals surface area contributed by atoms with Gasteiger partial charge in [0.25, 0.3) is 0 Å². The zero-order chi connectivity index (χ0) is 16.8. The predicted octanol–water partition coefficient (Wildman–Crippen LogP) is 1.23. The van der Waals surface area contributed by atoms with Crippen LogP contribution in [0.5, 0.6) is 5.88 Å². The number of hydrogen-bond acceptors (Lipinski definition) is 5. The number of rotatable bonds is 7. The molecule has 0 unspecified atom stereocenters. The summed E-state index contributed by atoms with van der Waals surface area (Å²) in [6.07, 6.45) is 0.209. The van der Waals surface area contributed by atoms with Gasteiger partial charge in [-0.2, -0.15) is 0 Å². The van der Waals surface area contributed by atoms with Gasteiger partial charge in [-0.15, -0.1) is 10.2 Å². The molecule has 2 N–H and O–H groups in total. The molecule has 2 aromatic rings. The van der Waals surface area contributed by atoms with Crippen molar-refractivity contribution in [3.63, 3.8) is 0 Å². The van der Waals surface area contributed by atoms with E-state index in [1.807, 2.05) is 13.8 Å². The van der Waals surface area contributed by atoms with Crippen LogP contribution in [0.15, 0.2) is 18.2 Å². The van der Waals surface area contributed by atoms with Crippen molar-refractivity contribution in [2.24, 2.45) is 5.92 Å². The van der Waals surface area contributed by atoms with E-state index in [9.17, 15) is 9.59 Å². The van der Waals surface area contributed by atoms with E-state index in [0.29, 0.717) is 24.0 Å². The molecule has 0 aliphatic rings. The Kier molecular flexibility index (Phi) is 5.51. The Hall–Kier alpha value is -2.64. The van der Waals surface area contributed by atoms with E-state index in [1.54, 1.807) is 22.6 Å². The molecule has 8 heteroatoms. The second kappa shape index (κ2) is 7.57. The molecule has 2 aromatic heterocycles. The fraction of sp³-hybridized carbons (Fsp3) is 0.467. The number of aromatic nitrogens is 3. The van der Waals surface area contributed by atoms with Crippen molar-refractivity contribution >= 4 is 23.4 Å². The zero-order valence-corrected chi connectivity index (χ0v) is 13.5. The number of pyridine rings is 1. The Morgan fingerprint density at radius 1 is 1.22 bits per heavy atom. The number of nitrogens with zero attached hydrogens (tertiary/aromatic N) is 3. The number of ether oxygens (including phenoxy) is 1. The van der Waals surface area contributed by atoms with Crippen molar-refractivity contribution < 1.29 is 14.3 Å². The van der Waals surface area contributed by atoms with Gasteiger partial charge in [-0.3, -0.25) is 14.9 Å². The molecular formula is C15H21N5O3. The largest absolute Gasteiger partial charge is 0.482 e. The van der Waals surface area contributed by atoms with E-state index in [2.05, 4.69) is 20.8 Å². The lowest BCUT2D eigenvalue weighted by Gasteiger charge is -2.08. The molecule has 0 bridgehead atoms. The summed E-state index contributed by atoms with van der Waals surface area (Å²) >= 11 is 0. The third-order valence-corrected chi connectivity index (χ3v) is 3.14. The van der Waals surface area contributed by atoms with E-state index >= 15 is 0 Å². The highest BCUT2D eigenvalue weighted by atomic mass is 16.5. The number of carbonyl (C=O) groups is 2. The first-order valence-corrected chi connectivity index (χ1v) is 7.46. The predicted molar refractivity (Wildman–Crippen MR) is 85.3 cm³/mol. The van der Waals surface area contributed by atoms with Crippen LogP contribution in [0.25, 0.3) is 5.65 Å². The number of hydrogen-bond donors (Lipinski definition) is 2. The third kappa shape index (κ3) is 4.41. The van der Waals surface area contributed by atoms with Crippen LogP contribution in [-0.2, 0) is 9.59 Å². The van der Waals surface area contributed by atoms with Crippen molar-refractivity contribution in [2.45, 2.75) is 26.7 Å². The maximum atomic E-state index is 12.0. The molecule has 23 heavy (non-hydrogen) atoms. The molecule has 2 heterocycles. The molecule has 0 aliphatic carbocycles. The van der Waals surface area contributed by atoms with Crippen molar-refractivity contribution in [3.8, 4) is 5.88 Å². The van der Waals surface area contributed by atoms with Gasteiger partial charge in [-0.05, 0) is 18.1 Å². The fourth-order valence-corrected chi connectivity index (χ4v) is 1.97. The maximum Gasteiger partial charge on any atom is 0.238 e. The van der Waals surface area contributed by atoms with Gasteiger partial charge < -0.3 is 10.1 Å². The lowest BCUT2D eigenvalue weighted by atomic mass is 10.2. The van der Waals surface area contributed by atoms with Gasteiger partial charge in [0.05, 0.1) is 7.11 Å². The lowest BCUT2D eigenvalue weighted by Crippen LogP contribution is -2.28. The summed E-state index contributed by atoms with van der Waals surface area (Å²) in [5.41, 5.74) is 0.564. The van der Waals surface area contributed by atoms with Crippen LogP contribution in [0.1, 0.15) is 26.7 Å². The SMILES string of the molecule is COc1cccc2nnc(NC(=O)CCC(=O)NCC(C)C)n12. The van der Waals surface area contributed by atoms with Gasteiger partial charge in [0.2, 0.25) is 23.6 Å². The first kappa shape index (κ1) is 16.7. The second-order valence-electron chi connectivity index (χ2n) is 5.53. The molecular weight excluding hydrogens is 298 g/mol. The summed E-state index contributed by atoms with van der Waals surface area (Å²) in [4.78, 5) is 23.6. The Balaban J connectivity index is 1.94. The molecule has 0 atom stereocenters. The topological polar surface area (TPSA) is 97.6 Å². The molecule has 2 rings (SSSR count). The van der Waals surface area contributed by atoms with E-state index in [-0.39, 0.29) is 30.6 Å². The third-order valence-electron chi connectivity index (χ3n) is 3.14. The molecule has 2 amide bonds. The monoisotopic (exact) mass is 319 g/mol. The van der Waals surface area contributed by atoms with E-state index in [1.165, 1.54) is 7.11 Å². The molecule has 0 spiro atoms. The molecule has 8 nitrogen and oxygen atoms in total. The van der Waals surface area contributed by atoms with Crippen molar-refractivity contribution in [3.05, 3.63) is 18.2 Å². The number of fused-ring (bicyclic) bond motifs is 1. The summed E-state index contributed by atoms with van der Waals surface area (Å²) in [6.45, 7) is 4.63. The summed E-state index contributed by atoms with van der Waals surface area (Å²) < 4.78 is 6.82. The average molecular weight is 319 g/mol. The van der Waals surface area contributed by atoms with Crippen LogP contribution in [0.4, 0.5) is 5.95 Å². The van der Waals surface area contributed by atoms with Crippen LogP contribution < -0.4 is 15.4 Å². The van der Waals surface area contributed by atoms with Crippen LogP contribution in [0.2, 0.25) is 0 Å². The normalized spacial score (nSPS) is 10.8. The van der Waals surface area contributed by atoms with Crippen LogP contribution >= 0.6 is 0 Å². The number of carbonyl (C=O) groups excluding carboxylic acids is 2. The smallest absolute Gasteiger partial charge is 0.238 e. The van der Waals surface area contributed by atoms with Gasteiger partial charge >= 0.3 is 0 Å². The summed E-state index contributed by atoms with van der Waals surface area (Å²) in [5.74, 6) is 0.715. The van der Waals surface area contributed by atoms with Gasteiger partial charge in [-0.1, -0.05) is 19.9 Å². The summed E-state index contributed by atoms with van der Waals surface area (Å²) in [6, 6.07) is 5.28. The van der Waals surface area contributed by atoms with Gasteiger partial charge in [0, 0.05) is 19.4 Å². The highest BCUT2D eigenvalue weighted by Crippen LogP contribution is 2.18. The minimum absolute atomic E-state index is 0.0774. The second-order valence-corrected chi connectivity index (χ2v) is 5.53. The maximum absolute atomic E-state index is 12.0. The number of methoxy groups -OCH3 is 1. The quantitative estimate of drug-likeness (QED) is 0.800. The molecule has 124 valence electrons. The van der Waals surface area contributed by atoms with Gasteiger partial charge in [0.1, 0.15) is 0 Å².